The number of methoxy groups -OCH3 is 1. The number of aliphatic imine (C=N–C) groups is 1. The van der Waals surface area contributed by atoms with E-state index in [0.717, 1.165) is 0 Å². The van der Waals surface area contributed by atoms with Gasteiger partial charge in [-0.2, -0.15) is 0 Å². The number of hydrogen-bond acceptors (Lipinski definition) is 5. The van der Waals surface area contributed by atoms with Crippen LogP contribution in [0, 0.1) is 17.7 Å². The molecule has 7 heteroatoms. The molecule has 5 nitrogen and oxygen atoms in total. The summed E-state index contributed by atoms with van der Waals surface area (Å²) in [6.07, 6.45) is 1.49. The highest BCUT2D eigenvalue weighted by molar-refractivity contribution is 6.30. The zero-order chi connectivity index (χ0) is 18.0. The van der Waals surface area contributed by atoms with Gasteiger partial charge >= 0.3 is 0 Å². The van der Waals surface area contributed by atoms with Gasteiger partial charge in [0, 0.05) is 35.2 Å². The third-order valence-electron chi connectivity index (χ3n) is 3.89. The molecule has 0 aliphatic carbocycles. The van der Waals surface area contributed by atoms with Crippen molar-refractivity contribution < 1.29 is 9.13 Å². The molecule has 0 spiro atoms. The topological polar surface area (TPSA) is 85.7 Å². The first-order valence-corrected chi connectivity index (χ1v) is 7.80. The number of anilines is 2. The predicted molar refractivity (Wildman–Crippen MR) is 98.1 cm³/mol. The highest BCUT2D eigenvalue weighted by Gasteiger charge is 2.34. The maximum atomic E-state index is 13.5. The standard InChI is InChI=1S/C18H16ClFN4O/c1-25-6-2-3-11-7-17-13(9-16(11)21)18(22,24-10-23-17)12-4-5-15(20)14(19)8-12/h4-5,7-10H,6,21-22H2,1H3,(H,23,24). The molecular formula is C18H16ClFN4O. The third kappa shape index (κ3) is 3.17. The van der Waals surface area contributed by atoms with Gasteiger partial charge in [0.25, 0.3) is 0 Å². The molecule has 0 fully saturated rings. The van der Waals surface area contributed by atoms with E-state index >= 15 is 0 Å². The van der Waals surface area contributed by atoms with Crippen LogP contribution in [-0.4, -0.2) is 20.1 Å². The van der Waals surface area contributed by atoms with Gasteiger partial charge in [-0.05, 0) is 24.3 Å². The molecule has 1 aliphatic heterocycles. The van der Waals surface area contributed by atoms with Crippen molar-refractivity contribution in [3.05, 3.63) is 57.9 Å². The number of rotatable bonds is 2. The summed E-state index contributed by atoms with van der Waals surface area (Å²) in [5.41, 5.74) is 14.4. The third-order valence-corrected chi connectivity index (χ3v) is 4.18. The van der Waals surface area contributed by atoms with Crippen molar-refractivity contribution in [3.63, 3.8) is 0 Å². The van der Waals surface area contributed by atoms with E-state index in [9.17, 15) is 4.39 Å². The predicted octanol–water partition coefficient (Wildman–Crippen LogP) is 2.67. The maximum Gasteiger partial charge on any atom is 0.163 e. The number of halogens is 2. The lowest BCUT2D eigenvalue weighted by atomic mass is 9.89. The number of nitrogens with two attached hydrogens (primary N) is 2. The number of nitrogens with one attached hydrogen (secondary N) is 1. The van der Waals surface area contributed by atoms with Crippen LogP contribution in [-0.2, 0) is 10.4 Å². The molecule has 1 heterocycles. The molecule has 25 heavy (non-hydrogen) atoms. The highest BCUT2D eigenvalue weighted by atomic mass is 35.5. The van der Waals surface area contributed by atoms with E-state index in [2.05, 4.69) is 22.2 Å². The van der Waals surface area contributed by atoms with E-state index in [1.54, 1.807) is 25.3 Å². The summed E-state index contributed by atoms with van der Waals surface area (Å²) in [4.78, 5) is 4.34. The van der Waals surface area contributed by atoms with E-state index in [4.69, 9.17) is 27.8 Å². The van der Waals surface area contributed by atoms with Crippen LogP contribution in [0.1, 0.15) is 16.7 Å². The van der Waals surface area contributed by atoms with Crippen LogP contribution in [0.3, 0.4) is 0 Å². The lowest BCUT2D eigenvalue weighted by molar-refractivity contribution is 0.240. The van der Waals surface area contributed by atoms with Crippen molar-refractivity contribution in [2.24, 2.45) is 10.7 Å². The van der Waals surface area contributed by atoms with Gasteiger partial charge in [0.2, 0.25) is 0 Å². The van der Waals surface area contributed by atoms with Crippen LogP contribution in [0.25, 0.3) is 0 Å². The zero-order valence-electron chi connectivity index (χ0n) is 13.4. The summed E-state index contributed by atoms with van der Waals surface area (Å²) < 4.78 is 18.4. The van der Waals surface area contributed by atoms with Crippen molar-refractivity contribution >= 4 is 29.3 Å². The fourth-order valence-corrected chi connectivity index (χ4v) is 2.78. The Balaban J connectivity index is 2.10. The van der Waals surface area contributed by atoms with Crippen LogP contribution in [0.15, 0.2) is 35.3 Å². The van der Waals surface area contributed by atoms with Gasteiger partial charge in [-0.3, -0.25) is 5.73 Å². The quantitative estimate of drug-likeness (QED) is 0.569. The Kier molecular flexibility index (Phi) is 4.64. The SMILES string of the molecule is COCC#Cc1cc2c(cc1N)C(N)(c1ccc(F)c(Cl)c1)N=CN2. The molecule has 0 bridgehead atoms. The van der Waals surface area contributed by atoms with E-state index in [1.165, 1.54) is 18.5 Å². The Labute approximate surface area is 149 Å². The number of fused-ring (bicyclic) bond motifs is 1. The molecule has 0 amide bonds. The first-order valence-electron chi connectivity index (χ1n) is 7.42. The summed E-state index contributed by atoms with van der Waals surface area (Å²) in [5.74, 6) is 5.29. The molecule has 1 unspecified atom stereocenters. The van der Waals surface area contributed by atoms with Crippen LogP contribution >= 0.6 is 11.6 Å². The average Bonchev–Trinajstić information content (AvgIpc) is 2.59. The van der Waals surface area contributed by atoms with E-state index in [1.807, 2.05) is 0 Å². The smallest absolute Gasteiger partial charge is 0.163 e. The molecule has 5 N–H and O–H groups in total. The normalized spacial score (nSPS) is 18.1. The first kappa shape index (κ1) is 17.2. The summed E-state index contributed by atoms with van der Waals surface area (Å²) in [6, 6.07) is 7.79. The molecule has 0 radical (unpaired) electrons. The van der Waals surface area contributed by atoms with Gasteiger partial charge in [-0.1, -0.05) is 29.5 Å². The number of nitrogens with zero attached hydrogens (tertiary/aromatic N) is 1. The zero-order valence-corrected chi connectivity index (χ0v) is 14.2. The Morgan fingerprint density at radius 1 is 1.36 bits per heavy atom. The minimum Gasteiger partial charge on any atom is -0.398 e. The van der Waals surface area contributed by atoms with Gasteiger partial charge < -0.3 is 15.8 Å². The second-order valence-corrected chi connectivity index (χ2v) is 5.92. The maximum absolute atomic E-state index is 13.5. The first-order chi connectivity index (χ1) is 12.0. The Bertz CT molecular complexity index is 919. The number of nitrogen functional groups attached to an aromatic ring is 1. The summed E-state index contributed by atoms with van der Waals surface area (Å²) in [7, 11) is 1.57. The Morgan fingerprint density at radius 3 is 2.88 bits per heavy atom. The summed E-state index contributed by atoms with van der Waals surface area (Å²) in [6.45, 7) is 0.306. The molecule has 0 aromatic heterocycles. The molecule has 1 atom stereocenters. The van der Waals surface area contributed by atoms with Gasteiger partial charge in [-0.25, -0.2) is 9.38 Å². The Hall–Kier alpha value is -2.59. The molecule has 0 saturated heterocycles. The van der Waals surface area contributed by atoms with E-state index < -0.39 is 11.5 Å². The van der Waals surface area contributed by atoms with E-state index in [0.29, 0.717) is 34.7 Å². The molecule has 2 aromatic carbocycles. The van der Waals surface area contributed by atoms with Gasteiger partial charge in [0.05, 0.1) is 11.4 Å². The van der Waals surface area contributed by atoms with Crippen molar-refractivity contribution in [1.29, 1.82) is 0 Å². The van der Waals surface area contributed by atoms with Gasteiger partial charge in [0.15, 0.2) is 5.66 Å². The van der Waals surface area contributed by atoms with Gasteiger partial charge in [0.1, 0.15) is 12.4 Å². The minimum absolute atomic E-state index is 0.0207. The molecule has 0 saturated carbocycles. The molecule has 128 valence electrons. The lowest BCUT2D eigenvalue weighted by Gasteiger charge is -2.32. The molecule has 2 aromatic rings. The second-order valence-electron chi connectivity index (χ2n) is 5.52. The van der Waals surface area contributed by atoms with Crippen molar-refractivity contribution in [2.45, 2.75) is 5.66 Å². The fourth-order valence-electron chi connectivity index (χ4n) is 2.60. The molecule has 1 aliphatic rings. The summed E-state index contributed by atoms with van der Waals surface area (Å²) in [5, 5.41) is 3.02. The van der Waals surface area contributed by atoms with Crippen LogP contribution in [0.4, 0.5) is 15.8 Å². The van der Waals surface area contributed by atoms with Crippen molar-refractivity contribution in [2.75, 3.05) is 24.8 Å². The van der Waals surface area contributed by atoms with Gasteiger partial charge in [-0.15, -0.1) is 0 Å². The number of benzene rings is 2. The van der Waals surface area contributed by atoms with Crippen LogP contribution in [0.5, 0.6) is 0 Å². The highest BCUT2D eigenvalue weighted by Crippen LogP contribution is 2.39. The number of ether oxygens (including phenoxy) is 1. The van der Waals surface area contributed by atoms with Crippen molar-refractivity contribution in [3.8, 4) is 11.8 Å². The Morgan fingerprint density at radius 2 is 2.16 bits per heavy atom. The fraction of sp³-hybridized carbons (Fsp3) is 0.167. The molecule has 3 rings (SSSR count). The van der Waals surface area contributed by atoms with E-state index in [-0.39, 0.29) is 5.02 Å². The average molecular weight is 359 g/mol. The summed E-state index contributed by atoms with van der Waals surface area (Å²) >= 11 is 5.90. The minimum atomic E-state index is -1.23. The second kappa shape index (κ2) is 6.73. The van der Waals surface area contributed by atoms with Crippen LogP contribution in [0.2, 0.25) is 5.02 Å². The largest absolute Gasteiger partial charge is 0.398 e. The monoisotopic (exact) mass is 358 g/mol. The lowest BCUT2D eigenvalue weighted by Crippen LogP contribution is -2.39. The molecular weight excluding hydrogens is 343 g/mol. The van der Waals surface area contributed by atoms with Crippen molar-refractivity contribution in [1.82, 2.24) is 0 Å². The van der Waals surface area contributed by atoms with Crippen LogP contribution < -0.4 is 16.8 Å². The number of hydrogen-bond donors (Lipinski definition) is 3.